The molecule has 3 aliphatic rings. The van der Waals surface area contributed by atoms with Gasteiger partial charge in [0.05, 0.1) is 12.0 Å². The number of alkyl halides is 10. The fourth-order valence-electron chi connectivity index (χ4n) is 5.92. The highest BCUT2D eigenvalue weighted by Crippen LogP contribution is 2.46. The van der Waals surface area contributed by atoms with E-state index in [2.05, 4.69) is 11.7 Å². The summed E-state index contributed by atoms with van der Waals surface area (Å²) in [6, 6.07) is 0. The second-order valence-electron chi connectivity index (χ2n) is 10.9. The number of halogens is 10. The Labute approximate surface area is 204 Å². The first-order chi connectivity index (χ1) is 16.6. The first kappa shape index (κ1) is 29.8. The van der Waals surface area contributed by atoms with Crippen LogP contribution in [0.5, 0.6) is 0 Å². The Hall–Kier alpha value is -0.780. The summed E-state index contributed by atoms with van der Waals surface area (Å²) in [5.74, 6) is -4.58. The van der Waals surface area contributed by atoms with Crippen molar-refractivity contribution in [3.05, 3.63) is 0 Å². The molecule has 0 amide bonds. The first-order valence-electron chi connectivity index (χ1n) is 12.6. The summed E-state index contributed by atoms with van der Waals surface area (Å²) in [7, 11) is 0. The van der Waals surface area contributed by atoms with Gasteiger partial charge in [0, 0.05) is 12.8 Å². The van der Waals surface area contributed by atoms with E-state index in [1.807, 2.05) is 0 Å². The lowest BCUT2D eigenvalue weighted by Gasteiger charge is -2.41. The average molecular weight is 545 g/mol. The Morgan fingerprint density at radius 3 is 1.69 bits per heavy atom. The van der Waals surface area contributed by atoms with Gasteiger partial charge in [0.25, 0.3) is 6.17 Å². The van der Waals surface area contributed by atoms with Crippen molar-refractivity contribution in [2.45, 2.75) is 120 Å². The van der Waals surface area contributed by atoms with E-state index in [1.165, 1.54) is 0 Å². The normalized spacial score (nSPS) is 38.1. The van der Waals surface area contributed by atoms with Crippen molar-refractivity contribution in [2.75, 3.05) is 6.61 Å². The van der Waals surface area contributed by atoms with Crippen molar-refractivity contribution < 1.29 is 53.4 Å². The van der Waals surface area contributed by atoms with Crippen molar-refractivity contribution in [3.63, 3.8) is 0 Å². The van der Waals surface area contributed by atoms with Crippen LogP contribution in [0.2, 0.25) is 0 Å². The second kappa shape index (κ2) is 11.5. The number of ether oxygens (including phenoxy) is 2. The van der Waals surface area contributed by atoms with Gasteiger partial charge in [-0.05, 0) is 56.3 Å². The van der Waals surface area contributed by atoms with Gasteiger partial charge >= 0.3 is 18.2 Å². The largest absolute Gasteiger partial charge is 0.425 e. The Bertz CT molecular complexity index is 675. The third kappa shape index (κ3) is 7.41. The van der Waals surface area contributed by atoms with Gasteiger partial charge in [-0.1, -0.05) is 19.8 Å². The molecule has 0 aliphatic heterocycles. The number of rotatable bonds is 8. The molecule has 36 heavy (non-hydrogen) atoms. The summed E-state index contributed by atoms with van der Waals surface area (Å²) in [5.41, 5.74) is 0. The van der Waals surface area contributed by atoms with Crippen LogP contribution in [-0.4, -0.2) is 55.5 Å². The minimum absolute atomic E-state index is 0.221. The lowest BCUT2D eigenvalue weighted by Crippen LogP contribution is -2.51. The highest BCUT2D eigenvalue weighted by atomic mass is 19.4. The molecule has 0 spiro atoms. The minimum atomic E-state index is -5.89. The molecule has 0 heterocycles. The average Bonchev–Trinajstić information content (AvgIpc) is 2.77. The minimum Gasteiger partial charge on any atom is -0.366 e. The molecule has 3 aliphatic carbocycles. The topological polar surface area (TPSA) is 18.5 Å². The lowest BCUT2D eigenvalue weighted by molar-refractivity contribution is -0.309. The van der Waals surface area contributed by atoms with Crippen LogP contribution in [-0.2, 0) is 9.47 Å². The van der Waals surface area contributed by atoms with Gasteiger partial charge in [0.15, 0.2) is 0 Å². The van der Waals surface area contributed by atoms with Crippen LogP contribution in [0.4, 0.5) is 43.9 Å². The van der Waals surface area contributed by atoms with E-state index < -0.39 is 74.3 Å². The van der Waals surface area contributed by atoms with E-state index in [4.69, 9.17) is 4.74 Å². The zero-order valence-corrected chi connectivity index (χ0v) is 20.1. The molecule has 0 aromatic carbocycles. The number of hydrogen-bond acceptors (Lipinski definition) is 2. The van der Waals surface area contributed by atoms with E-state index >= 15 is 0 Å². The summed E-state index contributed by atoms with van der Waals surface area (Å²) in [5, 5.41) is 0. The summed E-state index contributed by atoms with van der Waals surface area (Å²) in [4.78, 5) is 0. The third-order valence-electron chi connectivity index (χ3n) is 8.11. The molecule has 3 unspecified atom stereocenters. The predicted molar refractivity (Wildman–Crippen MR) is 111 cm³/mol. The molecule has 0 aromatic rings. The van der Waals surface area contributed by atoms with Crippen molar-refractivity contribution in [3.8, 4) is 0 Å². The highest BCUT2D eigenvalue weighted by Gasteiger charge is 2.58. The maximum absolute atomic E-state index is 14.8. The highest BCUT2D eigenvalue weighted by molar-refractivity contribution is 4.92. The van der Waals surface area contributed by atoms with Crippen LogP contribution in [0.25, 0.3) is 0 Å². The molecular formula is C24H34F10O2. The standard InChI is InChI=1S/C24H34F10O2/c1-13-2-4-14(5-3-13)15-6-8-16(9-7-15)24(33,34)36-17-10-18(25)20(19(26)11-17)35-12-22(28,29)21(27)23(30,31)32/h13-21H,2-12H2,1H3. The van der Waals surface area contributed by atoms with Crippen molar-refractivity contribution in [2.24, 2.45) is 23.7 Å². The molecule has 3 rings (SSSR count). The Balaban J connectivity index is 1.47. The van der Waals surface area contributed by atoms with Gasteiger partial charge in [-0.3, -0.25) is 0 Å². The molecule has 12 heteroatoms. The van der Waals surface area contributed by atoms with Gasteiger partial charge in [-0.25, -0.2) is 22.0 Å². The van der Waals surface area contributed by atoms with Crippen molar-refractivity contribution in [1.82, 2.24) is 0 Å². The number of hydrogen-bond donors (Lipinski definition) is 0. The SMILES string of the molecule is CC1CCC(C2CCC(C(F)(F)OC3CC(F)C(OCC(F)(F)C(F)C(F)(F)F)C(F)C3)CC2)CC1. The molecule has 0 aromatic heterocycles. The Morgan fingerprint density at radius 2 is 1.22 bits per heavy atom. The second-order valence-corrected chi connectivity index (χ2v) is 10.9. The van der Waals surface area contributed by atoms with E-state index in [1.54, 1.807) is 0 Å². The third-order valence-corrected chi connectivity index (χ3v) is 8.11. The van der Waals surface area contributed by atoms with E-state index in [-0.39, 0.29) is 12.8 Å². The molecule has 3 fully saturated rings. The van der Waals surface area contributed by atoms with Crippen LogP contribution in [0.3, 0.4) is 0 Å². The quantitative estimate of drug-likeness (QED) is 0.289. The van der Waals surface area contributed by atoms with Gasteiger partial charge in [0.1, 0.15) is 25.1 Å². The van der Waals surface area contributed by atoms with Gasteiger partial charge in [-0.2, -0.15) is 22.0 Å². The van der Waals surface area contributed by atoms with Gasteiger partial charge < -0.3 is 9.47 Å². The zero-order valence-electron chi connectivity index (χ0n) is 20.1. The Kier molecular flexibility index (Phi) is 9.54. The first-order valence-corrected chi connectivity index (χ1v) is 12.6. The van der Waals surface area contributed by atoms with E-state index in [9.17, 15) is 43.9 Å². The van der Waals surface area contributed by atoms with Gasteiger partial charge in [0.2, 0.25) is 0 Å². The molecule has 3 saturated carbocycles. The van der Waals surface area contributed by atoms with Crippen LogP contribution >= 0.6 is 0 Å². The zero-order chi connectivity index (χ0) is 26.9. The molecule has 0 bridgehead atoms. The molecule has 0 radical (unpaired) electrons. The fraction of sp³-hybridized carbons (Fsp3) is 1.00. The molecular weight excluding hydrogens is 510 g/mol. The maximum atomic E-state index is 14.8. The molecule has 212 valence electrons. The van der Waals surface area contributed by atoms with Crippen LogP contribution in [0.15, 0.2) is 0 Å². The predicted octanol–water partition coefficient (Wildman–Crippen LogP) is 7.99. The van der Waals surface area contributed by atoms with Gasteiger partial charge in [-0.15, -0.1) is 0 Å². The molecule has 0 saturated heterocycles. The summed E-state index contributed by atoms with van der Waals surface area (Å²) in [6.07, 6.45) is -18.1. The molecule has 2 nitrogen and oxygen atoms in total. The summed E-state index contributed by atoms with van der Waals surface area (Å²) < 4.78 is 144. The molecule has 0 N–H and O–H groups in total. The smallest absolute Gasteiger partial charge is 0.366 e. The summed E-state index contributed by atoms with van der Waals surface area (Å²) >= 11 is 0. The monoisotopic (exact) mass is 544 g/mol. The fourth-order valence-corrected chi connectivity index (χ4v) is 5.92. The lowest BCUT2D eigenvalue weighted by atomic mass is 9.69. The van der Waals surface area contributed by atoms with E-state index in [0.717, 1.165) is 25.7 Å². The van der Waals surface area contributed by atoms with Crippen LogP contribution in [0.1, 0.15) is 71.1 Å². The van der Waals surface area contributed by atoms with Crippen LogP contribution < -0.4 is 0 Å². The summed E-state index contributed by atoms with van der Waals surface area (Å²) in [6.45, 7) is 0.00113. The van der Waals surface area contributed by atoms with Crippen molar-refractivity contribution in [1.29, 1.82) is 0 Å². The van der Waals surface area contributed by atoms with E-state index in [0.29, 0.717) is 30.6 Å². The Morgan fingerprint density at radius 1 is 0.750 bits per heavy atom. The maximum Gasteiger partial charge on any atom is 0.425 e. The van der Waals surface area contributed by atoms with Crippen LogP contribution in [0, 0.1) is 23.7 Å². The molecule has 3 atom stereocenters. The van der Waals surface area contributed by atoms with Crippen molar-refractivity contribution >= 4 is 0 Å².